The van der Waals surface area contributed by atoms with Crippen LogP contribution in [-0.2, 0) is 23.5 Å². The summed E-state index contributed by atoms with van der Waals surface area (Å²) in [5.41, 5.74) is 1.47. The zero-order valence-electron chi connectivity index (χ0n) is 12.0. The maximum atomic E-state index is 12.6. The average Bonchev–Trinajstić information content (AvgIpc) is 2.87. The minimum atomic E-state index is -3.55. The Morgan fingerprint density at radius 2 is 1.86 bits per heavy atom. The van der Waals surface area contributed by atoms with Crippen LogP contribution in [-0.4, -0.2) is 35.5 Å². The standard InChI is InChI=1S/C15H18N2O3S/c1-16-9-5-6-11(16)10-13-15(18)12-7-3-4-8-14(12)21(19,20)17(13)2/h3-9,13,15,18H,10H2,1-2H3/t13-,15+/m0/s1. The van der Waals surface area contributed by atoms with Crippen molar-refractivity contribution in [3.8, 4) is 0 Å². The Morgan fingerprint density at radius 1 is 1.14 bits per heavy atom. The van der Waals surface area contributed by atoms with E-state index in [1.807, 2.05) is 29.9 Å². The summed E-state index contributed by atoms with van der Waals surface area (Å²) in [7, 11) is -0.115. The second-order valence-electron chi connectivity index (χ2n) is 5.39. The average molecular weight is 306 g/mol. The van der Waals surface area contributed by atoms with Gasteiger partial charge in [0.05, 0.1) is 17.0 Å². The van der Waals surface area contributed by atoms with Crippen molar-refractivity contribution in [2.75, 3.05) is 7.05 Å². The van der Waals surface area contributed by atoms with Crippen molar-refractivity contribution in [2.45, 2.75) is 23.5 Å². The summed E-state index contributed by atoms with van der Waals surface area (Å²) in [5, 5.41) is 10.6. The molecular formula is C15H18N2O3S. The third-order valence-corrected chi connectivity index (χ3v) is 6.15. The van der Waals surface area contributed by atoms with Gasteiger partial charge in [-0.3, -0.25) is 0 Å². The highest BCUT2D eigenvalue weighted by molar-refractivity contribution is 7.89. The van der Waals surface area contributed by atoms with Crippen LogP contribution in [0, 0.1) is 0 Å². The van der Waals surface area contributed by atoms with E-state index in [0.717, 1.165) is 5.69 Å². The van der Waals surface area contributed by atoms with Crippen molar-refractivity contribution in [3.05, 3.63) is 53.9 Å². The number of aliphatic hydroxyl groups excluding tert-OH is 1. The van der Waals surface area contributed by atoms with E-state index in [9.17, 15) is 13.5 Å². The third-order valence-electron chi connectivity index (χ3n) is 4.20. The van der Waals surface area contributed by atoms with Crippen LogP contribution in [0.25, 0.3) is 0 Å². The first-order valence-electron chi connectivity index (χ1n) is 6.78. The molecule has 2 aromatic rings. The van der Waals surface area contributed by atoms with Crippen LogP contribution >= 0.6 is 0 Å². The molecule has 0 amide bonds. The van der Waals surface area contributed by atoms with Crippen molar-refractivity contribution in [1.82, 2.24) is 8.87 Å². The van der Waals surface area contributed by atoms with E-state index in [2.05, 4.69) is 0 Å². The van der Waals surface area contributed by atoms with Gasteiger partial charge >= 0.3 is 0 Å². The number of aromatic nitrogens is 1. The number of benzene rings is 1. The number of hydrogen-bond donors (Lipinski definition) is 1. The van der Waals surface area contributed by atoms with Crippen LogP contribution < -0.4 is 0 Å². The summed E-state index contributed by atoms with van der Waals surface area (Å²) in [6.07, 6.45) is 1.55. The van der Waals surface area contributed by atoms with E-state index in [4.69, 9.17) is 0 Å². The lowest BCUT2D eigenvalue weighted by Gasteiger charge is -2.37. The van der Waals surface area contributed by atoms with Crippen molar-refractivity contribution in [3.63, 3.8) is 0 Å². The second-order valence-corrected chi connectivity index (χ2v) is 7.35. The molecule has 1 N–H and O–H groups in total. The molecule has 3 rings (SSSR count). The quantitative estimate of drug-likeness (QED) is 0.910. The van der Waals surface area contributed by atoms with Crippen LogP contribution in [0.5, 0.6) is 0 Å². The Hall–Kier alpha value is -1.63. The van der Waals surface area contributed by atoms with E-state index < -0.39 is 22.2 Å². The lowest BCUT2D eigenvalue weighted by Crippen LogP contribution is -2.46. The third kappa shape index (κ3) is 2.19. The van der Waals surface area contributed by atoms with Gasteiger partial charge in [-0.05, 0) is 18.2 Å². The van der Waals surface area contributed by atoms with Crippen LogP contribution in [0.1, 0.15) is 17.4 Å². The van der Waals surface area contributed by atoms with Crippen molar-refractivity contribution < 1.29 is 13.5 Å². The maximum absolute atomic E-state index is 12.6. The minimum Gasteiger partial charge on any atom is -0.387 e. The molecule has 21 heavy (non-hydrogen) atoms. The monoisotopic (exact) mass is 306 g/mol. The number of fused-ring (bicyclic) bond motifs is 1. The smallest absolute Gasteiger partial charge is 0.243 e. The Balaban J connectivity index is 2.06. The number of rotatable bonds is 2. The van der Waals surface area contributed by atoms with Crippen LogP contribution in [0.2, 0.25) is 0 Å². The first-order valence-corrected chi connectivity index (χ1v) is 8.22. The SMILES string of the molecule is CN1[C@@H](Cc2cccn2C)[C@H](O)c2ccccc2S1(=O)=O. The first-order chi connectivity index (χ1) is 9.93. The van der Waals surface area contributed by atoms with E-state index in [0.29, 0.717) is 12.0 Å². The number of aryl methyl sites for hydroxylation is 1. The van der Waals surface area contributed by atoms with Gasteiger partial charge in [0.25, 0.3) is 0 Å². The number of sulfonamides is 1. The summed E-state index contributed by atoms with van der Waals surface area (Å²) in [6, 6.07) is 10.0. The van der Waals surface area contributed by atoms with Crippen LogP contribution in [0.4, 0.5) is 0 Å². The van der Waals surface area contributed by atoms with Crippen LogP contribution in [0.3, 0.4) is 0 Å². The molecule has 6 heteroatoms. The van der Waals surface area contributed by atoms with Gasteiger partial charge in [0.1, 0.15) is 0 Å². The Bertz CT molecular complexity index is 767. The van der Waals surface area contributed by atoms with Gasteiger partial charge in [-0.15, -0.1) is 0 Å². The van der Waals surface area contributed by atoms with Crippen molar-refractivity contribution in [2.24, 2.45) is 7.05 Å². The highest BCUT2D eigenvalue weighted by Gasteiger charge is 2.41. The van der Waals surface area contributed by atoms with Gasteiger partial charge in [0.2, 0.25) is 10.0 Å². The highest BCUT2D eigenvalue weighted by Crippen LogP contribution is 2.36. The molecule has 1 aromatic heterocycles. The van der Waals surface area contributed by atoms with E-state index >= 15 is 0 Å². The predicted octanol–water partition coefficient (Wildman–Crippen LogP) is 1.30. The minimum absolute atomic E-state index is 0.197. The molecule has 0 saturated heterocycles. The molecule has 0 bridgehead atoms. The predicted molar refractivity (Wildman–Crippen MR) is 79.3 cm³/mol. The zero-order valence-corrected chi connectivity index (χ0v) is 12.8. The Morgan fingerprint density at radius 3 is 2.52 bits per heavy atom. The lowest BCUT2D eigenvalue weighted by molar-refractivity contribution is 0.0883. The normalized spacial score (nSPS) is 24.7. The van der Waals surface area contributed by atoms with E-state index in [-0.39, 0.29) is 4.90 Å². The van der Waals surface area contributed by atoms with Gasteiger partial charge in [0, 0.05) is 38.0 Å². The summed E-state index contributed by atoms with van der Waals surface area (Å²) in [6.45, 7) is 0. The molecule has 0 saturated carbocycles. The lowest BCUT2D eigenvalue weighted by atomic mass is 9.98. The molecule has 2 atom stereocenters. The summed E-state index contributed by atoms with van der Waals surface area (Å²) < 4.78 is 28.4. The molecule has 0 radical (unpaired) electrons. The molecule has 0 fully saturated rings. The molecule has 5 nitrogen and oxygen atoms in total. The molecule has 0 aliphatic carbocycles. The molecule has 2 heterocycles. The molecule has 0 unspecified atom stereocenters. The van der Waals surface area contributed by atoms with E-state index in [1.165, 1.54) is 11.4 Å². The van der Waals surface area contributed by atoms with Gasteiger partial charge in [0.15, 0.2) is 0 Å². The number of aliphatic hydroxyl groups is 1. The number of likely N-dealkylation sites (N-methyl/N-ethyl adjacent to an activating group) is 1. The highest BCUT2D eigenvalue weighted by atomic mass is 32.2. The van der Waals surface area contributed by atoms with Gasteiger partial charge in [-0.1, -0.05) is 18.2 Å². The Kier molecular flexibility index (Phi) is 3.39. The fraction of sp³-hybridized carbons (Fsp3) is 0.333. The molecule has 1 aliphatic rings. The molecule has 1 aromatic carbocycles. The fourth-order valence-corrected chi connectivity index (χ4v) is 4.46. The second kappa shape index (κ2) is 4.98. The molecule has 0 spiro atoms. The summed E-state index contributed by atoms with van der Waals surface area (Å²) in [5.74, 6) is 0. The van der Waals surface area contributed by atoms with Gasteiger partial charge in [-0.25, -0.2) is 8.42 Å². The first kappa shape index (κ1) is 14.3. The van der Waals surface area contributed by atoms with E-state index in [1.54, 1.807) is 24.3 Å². The molecular weight excluding hydrogens is 288 g/mol. The molecule has 112 valence electrons. The summed E-state index contributed by atoms with van der Waals surface area (Å²) in [4.78, 5) is 0.197. The van der Waals surface area contributed by atoms with Gasteiger partial charge < -0.3 is 9.67 Å². The number of nitrogens with zero attached hydrogens (tertiary/aromatic N) is 2. The van der Waals surface area contributed by atoms with Crippen molar-refractivity contribution in [1.29, 1.82) is 0 Å². The van der Waals surface area contributed by atoms with Crippen LogP contribution in [0.15, 0.2) is 47.5 Å². The molecule has 1 aliphatic heterocycles. The summed E-state index contributed by atoms with van der Waals surface area (Å²) >= 11 is 0. The van der Waals surface area contributed by atoms with Crippen molar-refractivity contribution >= 4 is 10.0 Å². The van der Waals surface area contributed by atoms with Gasteiger partial charge in [-0.2, -0.15) is 4.31 Å². The fourth-order valence-electron chi connectivity index (χ4n) is 2.86. The topological polar surface area (TPSA) is 62.5 Å². The zero-order chi connectivity index (χ0) is 15.2. The largest absolute Gasteiger partial charge is 0.387 e. The number of hydrogen-bond acceptors (Lipinski definition) is 3. The Labute approximate surface area is 124 Å². The maximum Gasteiger partial charge on any atom is 0.243 e.